The second-order valence-electron chi connectivity index (χ2n) is 5.94. The fourth-order valence-corrected chi connectivity index (χ4v) is 2.90. The van der Waals surface area contributed by atoms with E-state index in [1.54, 1.807) is 31.2 Å². The lowest BCUT2D eigenvalue weighted by Crippen LogP contribution is -2.42. The number of benzene rings is 2. The molecule has 5 nitrogen and oxygen atoms in total. The zero-order valence-corrected chi connectivity index (χ0v) is 14.4. The Balaban J connectivity index is 1.86. The molecule has 0 aromatic heterocycles. The zero-order valence-electron chi connectivity index (χ0n) is 14.4. The number of rotatable bonds is 6. The molecule has 1 atom stereocenters. The number of carbonyl (C=O) groups is 3. The molecule has 1 N–H and O–H groups in total. The molecule has 5 heteroatoms. The first kappa shape index (κ1) is 17.6. The topological polar surface area (TPSA) is 72.5 Å². The van der Waals surface area contributed by atoms with Gasteiger partial charge in [0.25, 0.3) is 0 Å². The average molecular weight is 349 g/mol. The number of nitrogens with one attached hydrogen (secondary N) is 1. The molecule has 3 rings (SSSR count). The summed E-state index contributed by atoms with van der Waals surface area (Å²) in [6.45, 7) is 1.96. The lowest BCUT2D eigenvalue weighted by Gasteiger charge is -2.22. The van der Waals surface area contributed by atoms with E-state index in [2.05, 4.69) is 5.32 Å². The van der Waals surface area contributed by atoms with Crippen molar-refractivity contribution in [2.24, 2.45) is 0 Å². The van der Waals surface area contributed by atoms with E-state index in [-0.39, 0.29) is 23.9 Å². The highest BCUT2D eigenvalue weighted by atomic mass is 16.5. The van der Waals surface area contributed by atoms with E-state index in [1.807, 2.05) is 30.3 Å². The monoisotopic (exact) mass is 349 g/mol. The Labute approximate surface area is 151 Å². The summed E-state index contributed by atoms with van der Waals surface area (Å²) in [5.74, 6) is -1.02. The molecule has 0 fully saturated rings. The van der Waals surface area contributed by atoms with Gasteiger partial charge in [0.15, 0.2) is 5.78 Å². The van der Waals surface area contributed by atoms with Gasteiger partial charge in [0.1, 0.15) is 6.04 Å². The van der Waals surface area contributed by atoms with E-state index < -0.39 is 12.0 Å². The summed E-state index contributed by atoms with van der Waals surface area (Å²) in [6.07, 6.45) is 1.60. The second-order valence-corrected chi connectivity index (χ2v) is 5.94. The summed E-state index contributed by atoms with van der Waals surface area (Å²) >= 11 is 0. The molecule has 0 radical (unpaired) electrons. The third kappa shape index (κ3) is 3.72. The van der Waals surface area contributed by atoms with Crippen LogP contribution >= 0.6 is 0 Å². The van der Waals surface area contributed by atoms with Crippen LogP contribution in [0.15, 0.2) is 66.4 Å². The third-order valence-corrected chi connectivity index (χ3v) is 4.14. The molecule has 1 aliphatic rings. The summed E-state index contributed by atoms with van der Waals surface area (Å²) in [7, 11) is 0. The Kier molecular flexibility index (Phi) is 5.27. The molecule has 2 aromatic rings. The van der Waals surface area contributed by atoms with Crippen LogP contribution in [-0.4, -0.2) is 30.2 Å². The van der Waals surface area contributed by atoms with Gasteiger partial charge in [0.2, 0.25) is 5.78 Å². The molecule has 0 bridgehead atoms. The lowest BCUT2D eigenvalue weighted by molar-refractivity contribution is -0.145. The van der Waals surface area contributed by atoms with Crippen LogP contribution in [-0.2, 0) is 16.0 Å². The molecule has 0 unspecified atom stereocenters. The quantitative estimate of drug-likeness (QED) is 0.812. The molecule has 2 aromatic carbocycles. The van der Waals surface area contributed by atoms with Crippen molar-refractivity contribution in [3.8, 4) is 0 Å². The van der Waals surface area contributed by atoms with Crippen molar-refractivity contribution in [1.29, 1.82) is 0 Å². The molecule has 0 heterocycles. The molecule has 1 aliphatic carbocycles. The Morgan fingerprint density at radius 1 is 1.00 bits per heavy atom. The van der Waals surface area contributed by atoms with Crippen molar-refractivity contribution in [2.75, 3.05) is 6.61 Å². The molecule has 26 heavy (non-hydrogen) atoms. The number of Topliss-reactive ketones (excluding diaryl/α,β-unsaturated/α-hetero) is 1. The van der Waals surface area contributed by atoms with Gasteiger partial charge in [-0.1, -0.05) is 54.6 Å². The molecule has 0 aliphatic heterocycles. The van der Waals surface area contributed by atoms with Crippen LogP contribution in [0.2, 0.25) is 0 Å². The average Bonchev–Trinajstić information content (AvgIpc) is 2.66. The van der Waals surface area contributed by atoms with E-state index in [4.69, 9.17) is 4.74 Å². The van der Waals surface area contributed by atoms with Gasteiger partial charge in [-0.05, 0) is 12.5 Å². The minimum Gasteiger partial charge on any atom is -0.464 e. The summed E-state index contributed by atoms with van der Waals surface area (Å²) in [5, 5.41) is 2.93. The van der Waals surface area contributed by atoms with Gasteiger partial charge < -0.3 is 10.1 Å². The molecule has 0 spiro atoms. The normalized spacial score (nSPS) is 14.3. The van der Waals surface area contributed by atoms with Crippen molar-refractivity contribution in [3.05, 3.63) is 83.1 Å². The van der Waals surface area contributed by atoms with Crippen molar-refractivity contribution in [2.45, 2.75) is 19.4 Å². The molecule has 0 saturated heterocycles. The van der Waals surface area contributed by atoms with Gasteiger partial charge in [-0.25, -0.2) is 4.79 Å². The lowest BCUT2D eigenvalue weighted by atomic mass is 9.92. The van der Waals surface area contributed by atoms with E-state index in [9.17, 15) is 14.4 Å². The number of allylic oxidation sites excluding steroid dienone is 2. The second kappa shape index (κ2) is 7.78. The minimum atomic E-state index is -0.759. The number of ether oxygens (including phenoxy) is 1. The predicted molar refractivity (Wildman–Crippen MR) is 96.9 cm³/mol. The first-order valence-electron chi connectivity index (χ1n) is 8.47. The van der Waals surface area contributed by atoms with Crippen molar-refractivity contribution < 1.29 is 19.1 Å². The standard InChI is InChI=1S/C21H19NO4/c1-2-26-21(25)18(12-14-8-4-3-5-9-14)22-17-13-19(23)15-10-6-7-11-16(15)20(17)24/h3-11,13,18,22H,2,12H2,1H3/t18-/m0/s1. The van der Waals surface area contributed by atoms with Crippen LogP contribution in [0.4, 0.5) is 0 Å². The highest BCUT2D eigenvalue weighted by molar-refractivity contribution is 6.24. The maximum atomic E-state index is 12.7. The largest absolute Gasteiger partial charge is 0.464 e. The first-order chi connectivity index (χ1) is 12.6. The van der Waals surface area contributed by atoms with Crippen LogP contribution < -0.4 is 5.32 Å². The van der Waals surface area contributed by atoms with E-state index >= 15 is 0 Å². The zero-order chi connectivity index (χ0) is 18.5. The molecular weight excluding hydrogens is 330 g/mol. The van der Waals surface area contributed by atoms with Gasteiger partial charge in [0.05, 0.1) is 12.3 Å². The molecule has 0 amide bonds. The summed E-state index contributed by atoms with van der Waals surface area (Å²) in [6, 6.07) is 15.3. The first-order valence-corrected chi connectivity index (χ1v) is 8.47. The SMILES string of the molecule is CCOC(=O)[C@H](Cc1ccccc1)NC1=CC(=O)c2ccccc2C1=O. The number of hydrogen-bond acceptors (Lipinski definition) is 5. The van der Waals surface area contributed by atoms with Crippen LogP contribution in [0.5, 0.6) is 0 Å². The maximum Gasteiger partial charge on any atom is 0.328 e. The van der Waals surface area contributed by atoms with Crippen LogP contribution in [0.25, 0.3) is 0 Å². The molecule has 0 saturated carbocycles. The number of ketones is 2. The van der Waals surface area contributed by atoms with E-state index in [0.717, 1.165) is 5.56 Å². The number of fused-ring (bicyclic) bond motifs is 1. The van der Waals surface area contributed by atoms with E-state index in [1.165, 1.54) is 6.08 Å². The minimum absolute atomic E-state index is 0.114. The van der Waals surface area contributed by atoms with E-state index in [0.29, 0.717) is 17.5 Å². The molecular formula is C21H19NO4. The van der Waals surface area contributed by atoms with Crippen LogP contribution in [0.1, 0.15) is 33.2 Å². The summed E-state index contributed by atoms with van der Waals surface area (Å²) < 4.78 is 5.12. The van der Waals surface area contributed by atoms with Gasteiger partial charge in [-0.15, -0.1) is 0 Å². The Hall–Kier alpha value is -3.21. The highest BCUT2D eigenvalue weighted by Crippen LogP contribution is 2.20. The fraction of sp³-hybridized carbons (Fsp3) is 0.190. The number of esters is 1. The van der Waals surface area contributed by atoms with Gasteiger partial charge >= 0.3 is 5.97 Å². The van der Waals surface area contributed by atoms with Gasteiger partial charge in [0, 0.05) is 23.6 Å². The number of carbonyl (C=O) groups excluding carboxylic acids is 3. The third-order valence-electron chi connectivity index (χ3n) is 4.14. The smallest absolute Gasteiger partial charge is 0.328 e. The fourth-order valence-electron chi connectivity index (χ4n) is 2.90. The van der Waals surface area contributed by atoms with Crippen molar-refractivity contribution >= 4 is 17.5 Å². The highest BCUT2D eigenvalue weighted by Gasteiger charge is 2.29. The van der Waals surface area contributed by atoms with Crippen LogP contribution in [0, 0.1) is 0 Å². The van der Waals surface area contributed by atoms with Crippen LogP contribution in [0.3, 0.4) is 0 Å². The molecule has 132 valence electrons. The Bertz CT molecular complexity index is 871. The maximum absolute atomic E-state index is 12.7. The van der Waals surface area contributed by atoms with Crippen molar-refractivity contribution in [1.82, 2.24) is 5.32 Å². The van der Waals surface area contributed by atoms with Gasteiger partial charge in [-0.2, -0.15) is 0 Å². The summed E-state index contributed by atoms with van der Waals surface area (Å²) in [4.78, 5) is 37.3. The number of hydrogen-bond donors (Lipinski definition) is 1. The predicted octanol–water partition coefficient (Wildman–Crippen LogP) is 2.71. The Morgan fingerprint density at radius 2 is 1.65 bits per heavy atom. The van der Waals surface area contributed by atoms with Gasteiger partial charge in [-0.3, -0.25) is 9.59 Å². The van der Waals surface area contributed by atoms with Crippen molar-refractivity contribution in [3.63, 3.8) is 0 Å². The summed E-state index contributed by atoms with van der Waals surface area (Å²) in [5.41, 5.74) is 1.75. The Morgan fingerprint density at radius 3 is 2.35 bits per heavy atom.